The Balaban J connectivity index is 1.66. The van der Waals surface area contributed by atoms with E-state index in [1.807, 2.05) is 0 Å². The molecule has 0 fully saturated rings. The Morgan fingerprint density at radius 3 is 2.55 bits per heavy atom. The molecule has 0 aliphatic carbocycles. The fraction of sp³-hybridized carbons (Fsp3) is 0.190. The molecule has 0 unspecified atom stereocenters. The molecule has 10 heteroatoms. The van der Waals surface area contributed by atoms with Crippen LogP contribution in [0.15, 0.2) is 59.8 Å². The Morgan fingerprint density at radius 2 is 1.90 bits per heavy atom. The van der Waals surface area contributed by atoms with Gasteiger partial charge in [-0.1, -0.05) is 12.1 Å². The van der Waals surface area contributed by atoms with E-state index in [0.29, 0.717) is 29.3 Å². The van der Waals surface area contributed by atoms with Crippen LogP contribution in [-0.4, -0.2) is 40.5 Å². The Hall–Kier alpha value is -4.21. The maximum atomic E-state index is 12.4. The van der Waals surface area contributed by atoms with Crippen molar-refractivity contribution in [2.45, 2.75) is 13.5 Å². The number of hydrogen-bond donors (Lipinski definition) is 1. The van der Waals surface area contributed by atoms with Gasteiger partial charge in [0.1, 0.15) is 11.5 Å². The van der Waals surface area contributed by atoms with Gasteiger partial charge in [-0.3, -0.25) is 19.6 Å². The summed E-state index contributed by atoms with van der Waals surface area (Å²) in [7, 11) is 3.11. The van der Waals surface area contributed by atoms with Crippen molar-refractivity contribution < 1.29 is 19.2 Å². The third-order valence-electron chi connectivity index (χ3n) is 4.49. The summed E-state index contributed by atoms with van der Waals surface area (Å²) in [5.41, 5.74) is 4.79. The number of nitro groups is 1. The van der Waals surface area contributed by atoms with Gasteiger partial charge in [-0.15, -0.1) is 0 Å². The minimum absolute atomic E-state index is 0.0194. The molecular formula is C21H21N5O5. The van der Waals surface area contributed by atoms with Crippen molar-refractivity contribution in [2.24, 2.45) is 5.10 Å². The maximum absolute atomic E-state index is 12.4. The van der Waals surface area contributed by atoms with Gasteiger partial charge in [0.25, 0.3) is 11.6 Å². The number of amides is 1. The van der Waals surface area contributed by atoms with Gasteiger partial charge in [0, 0.05) is 30.0 Å². The highest BCUT2D eigenvalue weighted by atomic mass is 16.6. The number of hydrazone groups is 1. The Morgan fingerprint density at radius 1 is 1.16 bits per heavy atom. The van der Waals surface area contributed by atoms with Crippen LogP contribution in [0.3, 0.4) is 0 Å². The molecule has 1 amide bonds. The lowest BCUT2D eigenvalue weighted by Gasteiger charge is -2.10. The summed E-state index contributed by atoms with van der Waals surface area (Å²) < 4.78 is 12.1. The Kier molecular flexibility index (Phi) is 6.61. The molecule has 0 aliphatic heterocycles. The van der Waals surface area contributed by atoms with E-state index in [2.05, 4.69) is 15.6 Å². The molecule has 0 saturated carbocycles. The van der Waals surface area contributed by atoms with Crippen molar-refractivity contribution >= 4 is 17.3 Å². The van der Waals surface area contributed by atoms with Gasteiger partial charge in [-0.05, 0) is 30.7 Å². The Labute approximate surface area is 178 Å². The zero-order valence-electron chi connectivity index (χ0n) is 17.2. The van der Waals surface area contributed by atoms with E-state index in [-0.39, 0.29) is 11.4 Å². The lowest BCUT2D eigenvalue weighted by atomic mass is 10.1. The number of benzene rings is 2. The molecular weight excluding hydrogens is 402 g/mol. The summed E-state index contributed by atoms with van der Waals surface area (Å²) in [5, 5.41) is 19.1. The van der Waals surface area contributed by atoms with Crippen molar-refractivity contribution in [1.29, 1.82) is 0 Å². The van der Waals surface area contributed by atoms with Crippen LogP contribution in [0.5, 0.6) is 11.5 Å². The molecule has 10 nitrogen and oxygen atoms in total. The zero-order chi connectivity index (χ0) is 22.4. The van der Waals surface area contributed by atoms with Crippen LogP contribution in [-0.2, 0) is 6.54 Å². The van der Waals surface area contributed by atoms with Crippen LogP contribution in [0.25, 0.3) is 0 Å². The monoisotopic (exact) mass is 423 g/mol. The number of ether oxygens (including phenoxy) is 2. The molecule has 3 rings (SSSR count). The van der Waals surface area contributed by atoms with Crippen LogP contribution in [0, 0.1) is 10.1 Å². The number of hydrogen-bond acceptors (Lipinski definition) is 7. The molecule has 3 aromatic rings. The van der Waals surface area contributed by atoms with E-state index in [9.17, 15) is 14.9 Å². The van der Waals surface area contributed by atoms with E-state index in [1.54, 1.807) is 68.4 Å². The Bertz CT molecular complexity index is 1120. The molecule has 1 aromatic heterocycles. The summed E-state index contributed by atoms with van der Waals surface area (Å²) in [6.45, 7) is 2.12. The first kappa shape index (κ1) is 21.5. The SMILES string of the molecule is COc1ccc(C(C)=NNC(=O)c2ccn(Cc3ccc([N+](=O)[O-])cc3)n2)c(OC)c1. The van der Waals surface area contributed by atoms with Crippen molar-refractivity contribution in [2.75, 3.05) is 14.2 Å². The van der Waals surface area contributed by atoms with Gasteiger partial charge >= 0.3 is 0 Å². The summed E-state index contributed by atoms with van der Waals surface area (Å²) in [6, 6.07) is 13.0. The van der Waals surface area contributed by atoms with Crippen LogP contribution in [0.2, 0.25) is 0 Å². The highest BCUT2D eigenvalue weighted by Gasteiger charge is 2.12. The summed E-state index contributed by atoms with van der Waals surface area (Å²) in [6.07, 6.45) is 1.65. The predicted molar refractivity (Wildman–Crippen MR) is 114 cm³/mol. The summed E-state index contributed by atoms with van der Waals surface area (Å²) in [4.78, 5) is 22.7. The molecule has 0 aliphatic rings. The minimum atomic E-state index is -0.464. The molecule has 1 heterocycles. The highest BCUT2D eigenvalue weighted by molar-refractivity contribution is 6.02. The fourth-order valence-corrected chi connectivity index (χ4v) is 2.83. The number of rotatable bonds is 8. The molecule has 0 spiro atoms. The molecule has 1 N–H and O–H groups in total. The van der Waals surface area contributed by atoms with Crippen molar-refractivity contribution in [3.05, 3.63) is 81.7 Å². The van der Waals surface area contributed by atoms with E-state index in [0.717, 1.165) is 5.56 Å². The first-order chi connectivity index (χ1) is 14.9. The van der Waals surface area contributed by atoms with E-state index in [4.69, 9.17) is 9.47 Å². The number of non-ortho nitro benzene ring substituents is 1. The third-order valence-corrected chi connectivity index (χ3v) is 4.49. The van der Waals surface area contributed by atoms with E-state index < -0.39 is 10.8 Å². The van der Waals surface area contributed by atoms with Gasteiger partial charge in [0.05, 0.1) is 31.4 Å². The fourth-order valence-electron chi connectivity index (χ4n) is 2.83. The second-order valence-corrected chi connectivity index (χ2v) is 6.53. The molecule has 0 bridgehead atoms. The normalized spacial score (nSPS) is 11.1. The van der Waals surface area contributed by atoms with Crippen LogP contribution in [0.1, 0.15) is 28.5 Å². The van der Waals surface area contributed by atoms with E-state index >= 15 is 0 Å². The van der Waals surface area contributed by atoms with Gasteiger partial charge in [0.15, 0.2) is 5.69 Å². The van der Waals surface area contributed by atoms with Gasteiger partial charge < -0.3 is 9.47 Å². The quantitative estimate of drug-likeness (QED) is 0.338. The second-order valence-electron chi connectivity index (χ2n) is 6.53. The van der Waals surface area contributed by atoms with E-state index in [1.165, 1.54) is 12.1 Å². The standard InChI is InChI=1S/C21H21N5O5/c1-14(18-9-8-17(30-2)12-20(18)31-3)22-23-21(27)19-10-11-25(24-19)13-15-4-6-16(7-5-15)26(28)29/h4-12H,13H2,1-3H3,(H,23,27). The first-order valence-electron chi connectivity index (χ1n) is 9.25. The van der Waals surface area contributed by atoms with Crippen molar-refractivity contribution in [1.82, 2.24) is 15.2 Å². The largest absolute Gasteiger partial charge is 0.497 e. The molecule has 2 aromatic carbocycles. The van der Waals surface area contributed by atoms with Gasteiger partial charge in [-0.2, -0.15) is 10.2 Å². The zero-order valence-corrected chi connectivity index (χ0v) is 17.2. The average Bonchev–Trinajstić information content (AvgIpc) is 3.25. The molecule has 0 radical (unpaired) electrons. The maximum Gasteiger partial charge on any atom is 0.291 e. The average molecular weight is 423 g/mol. The second kappa shape index (κ2) is 9.53. The molecule has 0 atom stereocenters. The number of carbonyl (C=O) groups is 1. The smallest absolute Gasteiger partial charge is 0.291 e. The van der Waals surface area contributed by atoms with Crippen molar-refractivity contribution in [3.8, 4) is 11.5 Å². The lowest BCUT2D eigenvalue weighted by Crippen LogP contribution is -2.20. The summed E-state index contributed by atoms with van der Waals surface area (Å²) in [5.74, 6) is 0.757. The number of carbonyl (C=O) groups excluding carboxylic acids is 1. The third kappa shape index (κ3) is 5.24. The summed E-state index contributed by atoms with van der Waals surface area (Å²) >= 11 is 0. The number of methoxy groups -OCH3 is 2. The number of nitrogens with zero attached hydrogens (tertiary/aromatic N) is 4. The molecule has 31 heavy (non-hydrogen) atoms. The number of nitro benzene ring substituents is 1. The van der Waals surface area contributed by atoms with Gasteiger partial charge in [-0.25, -0.2) is 5.43 Å². The number of nitrogens with one attached hydrogen (secondary N) is 1. The first-order valence-corrected chi connectivity index (χ1v) is 9.25. The lowest BCUT2D eigenvalue weighted by molar-refractivity contribution is -0.384. The minimum Gasteiger partial charge on any atom is -0.497 e. The van der Waals surface area contributed by atoms with Crippen LogP contribution in [0.4, 0.5) is 5.69 Å². The topological polar surface area (TPSA) is 121 Å². The molecule has 0 saturated heterocycles. The van der Waals surface area contributed by atoms with Crippen molar-refractivity contribution in [3.63, 3.8) is 0 Å². The predicted octanol–water partition coefficient (Wildman–Crippen LogP) is 3.01. The number of aromatic nitrogens is 2. The van der Waals surface area contributed by atoms with Crippen LogP contribution >= 0.6 is 0 Å². The van der Waals surface area contributed by atoms with Crippen LogP contribution < -0.4 is 14.9 Å². The molecule has 160 valence electrons. The highest BCUT2D eigenvalue weighted by Crippen LogP contribution is 2.25. The van der Waals surface area contributed by atoms with Gasteiger partial charge in [0.2, 0.25) is 0 Å².